The minimum Gasteiger partial charge on any atom is -0.462 e. The Hall–Kier alpha value is -2.68. The van der Waals surface area contributed by atoms with Gasteiger partial charge in [0.25, 0.3) is 0 Å². The van der Waals surface area contributed by atoms with Gasteiger partial charge in [0.05, 0.1) is 18.7 Å². The topological polar surface area (TPSA) is 87.1 Å². The Bertz CT molecular complexity index is 747. The highest BCUT2D eigenvalue weighted by atomic mass is 19.4. The number of ether oxygens (including phenoxy) is 1. The molecule has 1 aliphatic rings. The molecule has 6 nitrogen and oxygen atoms in total. The van der Waals surface area contributed by atoms with Crippen LogP contribution >= 0.6 is 0 Å². The zero-order valence-electron chi connectivity index (χ0n) is 14.8. The van der Waals surface area contributed by atoms with Crippen molar-refractivity contribution in [2.45, 2.75) is 19.5 Å². The van der Waals surface area contributed by atoms with Gasteiger partial charge in [-0.15, -0.1) is 0 Å². The number of quaternary nitrogens is 1. The molecule has 2 rings (SSSR count). The lowest BCUT2D eigenvalue weighted by Crippen LogP contribution is -2.80. The molecule has 3 N–H and O–H groups in total. The second-order valence-corrected chi connectivity index (χ2v) is 6.08. The molecule has 1 saturated heterocycles. The molecule has 1 aromatic carbocycles. The van der Waals surface area contributed by atoms with E-state index >= 15 is 0 Å². The van der Waals surface area contributed by atoms with Crippen molar-refractivity contribution in [3.05, 3.63) is 41.6 Å². The molecule has 0 saturated carbocycles. The minimum atomic E-state index is -4.47. The molecule has 1 unspecified atom stereocenters. The summed E-state index contributed by atoms with van der Waals surface area (Å²) in [5.41, 5.74) is -0.480. The number of nitrogens with zero attached hydrogens (tertiary/aromatic N) is 1. The standard InChI is InChI=1S/C18H20F3N3O3/c1-2-27-17(26)13(8-22)10-23-9-12-6-16(25)24(11-12)15-5-3-4-14(7-15)18(19,20)21/h3-5,7-8,10,12,22-23H,2,6,9,11H2,1H3/p+1/b13-10+,22-8?. The molecule has 0 aliphatic carbocycles. The first-order valence-corrected chi connectivity index (χ1v) is 8.45. The van der Waals surface area contributed by atoms with E-state index in [1.165, 1.54) is 23.2 Å². The maximum Gasteiger partial charge on any atom is 0.416 e. The van der Waals surface area contributed by atoms with Crippen LogP contribution in [-0.2, 0) is 20.5 Å². The molecule has 1 aliphatic heterocycles. The van der Waals surface area contributed by atoms with Gasteiger partial charge in [-0.3, -0.25) is 4.79 Å². The molecule has 27 heavy (non-hydrogen) atoms. The van der Waals surface area contributed by atoms with Crippen LogP contribution in [0.4, 0.5) is 18.9 Å². The number of amides is 1. The molecule has 0 spiro atoms. The molecule has 0 radical (unpaired) electrons. The normalized spacial score (nSPS) is 17.9. The number of anilines is 1. The van der Waals surface area contributed by atoms with Crippen LogP contribution < -0.4 is 10.2 Å². The van der Waals surface area contributed by atoms with E-state index in [2.05, 4.69) is 0 Å². The van der Waals surface area contributed by atoms with Gasteiger partial charge in [-0.25, -0.2) is 4.79 Å². The Morgan fingerprint density at radius 2 is 2.19 bits per heavy atom. The molecule has 1 fully saturated rings. The zero-order valence-corrected chi connectivity index (χ0v) is 14.8. The fourth-order valence-electron chi connectivity index (χ4n) is 2.82. The van der Waals surface area contributed by atoms with Crippen molar-refractivity contribution >= 4 is 23.8 Å². The number of nitrogens with two attached hydrogens (primary N) is 1. The minimum absolute atomic E-state index is 0.0857. The van der Waals surface area contributed by atoms with Crippen LogP contribution in [0.25, 0.3) is 0 Å². The van der Waals surface area contributed by atoms with Gasteiger partial charge in [0.15, 0.2) is 0 Å². The second-order valence-electron chi connectivity index (χ2n) is 6.08. The maximum atomic E-state index is 12.9. The summed E-state index contributed by atoms with van der Waals surface area (Å²) in [4.78, 5) is 25.1. The largest absolute Gasteiger partial charge is 0.462 e. The molecule has 9 heteroatoms. The van der Waals surface area contributed by atoms with Crippen molar-refractivity contribution in [3.8, 4) is 0 Å². The van der Waals surface area contributed by atoms with Crippen molar-refractivity contribution in [2.75, 3.05) is 24.6 Å². The summed E-state index contributed by atoms with van der Waals surface area (Å²) in [6, 6.07) is 4.70. The van der Waals surface area contributed by atoms with Crippen LogP contribution in [0.3, 0.4) is 0 Å². The lowest BCUT2D eigenvalue weighted by molar-refractivity contribution is -0.594. The van der Waals surface area contributed by atoms with Crippen molar-refractivity contribution in [1.29, 1.82) is 5.41 Å². The number of benzene rings is 1. The molecule has 1 aromatic rings. The summed E-state index contributed by atoms with van der Waals surface area (Å²) in [5, 5.41) is 8.91. The molecule has 146 valence electrons. The summed E-state index contributed by atoms with van der Waals surface area (Å²) in [5.74, 6) is -0.927. The Morgan fingerprint density at radius 3 is 2.81 bits per heavy atom. The smallest absolute Gasteiger partial charge is 0.416 e. The molecular formula is C18H21F3N3O3+. The van der Waals surface area contributed by atoms with E-state index in [0.717, 1.165) is 18.3 Å². The number of carbonyl (C=O) groups is 2. The summed E-state index contributed by atoms with van der Waals surface area (Å²) in [7, 11) is 0. The SMILES string of the molecule is CCOC(=O)/C(C=N)=C/[NH2+]CC1CC(=O)N(c2cccc(C(F)(F)F)c2)C1. The zero-order chi connectivity index (χ0) is 20.0. The van der Waals surface area contributed by atoms with Crippen LogP contribution in [-0.4, -0.2) is 37.8 Å². The highest BCUT2D eigenvalue weighted by Crippen LogP contribution is 2.33. The molecule has 0 aromatic heterocycles. The number of hydrogen-bond donors (Lipinski definition) is 2. The molecule has 0 bridgehead atoms. The lowest BCUT2D eigenvalue weighted by Gasteiger charge is -2.18. The van der Waals surface area contributed by atoms with E-state index in [0.29, 0.717) is 13.1 Å². The third kappa shape index (κ3) is 5.40. The lowest BCUT2D eigenvalue weighted by atomic mass is 10.1. The average Bonchev–Trinajstić information content (AvgIpc) is 2.99. The van der Waals surface area contributed by atoms with Gasteiger partial charge >= 0.3 is 12.1 Å². The number of hydrogen-bond acceptors (Lipinski definition) is 4. The van der Waals surface area contributed by atoms with Crippen LogP contribution in [0, 0.1) is 11.3 Å². The van der Waals surface area contributed by atoms with Gasteiger partial charge in [-0.05, 0) is 25.1 Å². The highest BCUT2D eigenvalue weighted by Gasteiger charge is 2.34. The molecule has 1 amide bonds. The van der Waals surface area contributed by atoms with Gasteiger partial charge in [0.1, 0.15) is 11.8 Å². The van der Waals surface area contributed by atoms with Gasteiger partial charge in [0.2, 0.25) is 5.91 Å². The molecular weight excluding hydrogens is 363 g/mol. The van der Waals surface area contributed by atoms with E-state index in [-0.39, 0.29) is 36.1 Å². The van der Waals surface area contributed by atoms with E-state index in [1.54, 1.807) is 12.2 Å². The van der Waals surface area contributed by atoms with Crippen molar-refractivity contribution in [2.24, 2.45) is 5.92 Å². The van der Waals surface area contributed by atoms with Gasteiger partial charge < -0.3 is 20.4 Å². The van der Waals surface area contributed by atoms with Gasteiger partial charge in [0, 0.05) is 30.8 Å². The van der Waals surface area contributed by atoms with Gasteiger partial charge in [-0.2, -0.15) is 13.2 Å². The Kier molecular flexibility index (Phi) is 6.73. The number of carbonyl (C=O) groups excluding carboxylic acids is 2. The Labute approximate surface area is 154 Å². The number of esters is 1. The summed E-state index contributed by atoms with van der Waals surface area (Å²) < 4.78 is 43.4. The van der Waals surface area contributed by atoms with Crippen LogP contribution in [0.1, 0.15) is 18.9 Å². The first-order chi connectivity index (χ1) is 12.8. The van der Waals surface area contributed by atoms with Crippen molar-refractivity contribution in [3.63, 3.8) is 0 Å². The quantitative estimate of drug-likeness (QED) is 0.426. The molecule has 1 atom stereocenters. The van der Waals surface area contributed by atoms with E-state index in [1.807, 2.05) is 0 Å². The average molecular weight is 384 g/mol. The van der Waals surface area contributed by atoms with E-state index in [9.17, 15) is 22.8 Å². The monoisotopic (exact) mass is 384 g/mol. The number of rotatable bonds is 7. The maximum absolute atomic E-state index is 12.9. The predicted octanol–water partition coefficient (Wildman–Crippen LogP) is 1.72. The second kappa shape index (κ2) is 8.81. The third-order valence-corrected chi connectivity index (χ3v) is 4.12. The highest BCUT2D eigenvalue weighted by molar-refractivity contribution is 6.08. The number of nitrogens with one attached hydrogen (secondary N) is 1. The van der Waals surface area contributed by atoms with Crippen LogP contribution in [0.15, 0.2) is 36.0 Å². The Balaban J connectivity index is 2.00. The summed E-state index contributed by atoms with van der Waals surface area (Å²) in [6.07, 6.45) is -1.90. The van der Waals surface area contributed by atoms with Crippen molar-refractivity contribution in [1.82, 2.24) is 0 Å². The predicted molar refractivity (Wildman–Crippen MR) is 92.2 cm³/mol. The fraction of sp³-hybridized carbons (Fsp3) is 0.389. The fourth-order valence-corrected chi connectivity index (χ4v) is 2.82. The van der Waals surface area contributed by atoms with E-state index < -0.39 is 17.7 Å². The van der Waals surface area contributed by atoms with Crippen molar-refractivity contribution < 1.29 is 32.8 Å². The van der Waals surface area contributed by atoms with Gasteiger partial charge in [-0.1, -0.05) is 6.07 Å². The first kappa shape index (κ1) is 20.6. The number of halogens is 3. The van der Waals surface area contributed by atoms with Crippen LogP contribution in [0.2, 0.25) is 0 Å². The summed E-state index contributed by atoms with van der Waals surface area (Å²) >= 11 is 0. The summed E-state index contributed by atoms with van der Waals surface area (Å²) in [6.45, 7) is 2.62. The van der Waals surface area contributed by atoms with Crippen LogP contribution in [0.5, 0.6) is 0 Å². The number of alkyl halides is 3. The van der Waals surface area contributed by atoms with E-state index in [4.69, 9.17) is 10.1 Å². The first-order valence-electron chi connectivity index (χ1n) is 8.45. The Morgan fingerprint density at radius 1 is 1.44 bits per heavy atom. The molecule has 1 heterocycles. The third-order valence-electron chi connectivity index (χ3n) is 4.12.